The van der Waals surface area contributed by atoms with Gasteiger partial charge in [0.1, 0.15) is 56.4 Å². The molecule has 630 valence electrons. The molecule has 5 aliphatic heterocycles. The first-order valence-electron chi connectivity index (χ1n) is 35.4. The molecule has 0 spiro atoms. The van der Waals surface area contributed by atoms with Gasteiger partial charge < -0.3 is 123 Å². The van der Waals surface area contributed by atoms with Crippen LogP contribution in [0.4, 0.5) is 4.39 Å². The number of aliphatic hydroxyl groups excluding tert-OH is 7. The summed E-state index contributed by atoms with van der Waals surface area (Å²) < 4.78 is 79.5. The Hall–Kier alpha value is -10.4. The van der Waals surface area contributed by atoms with Crippen molar-refractivity contribution in [2.45, 2.75) is 182 Å². The van der Waals surface area contributed by atoms with Gasteiger partial charge >= 0.3 is 65.7 Å². The van der Waals surface area contributed by atoms with Gasteiger partial charge in [-0.1, -0.05) is 91.0 Å². The van der Waals surface area contributed by atoms with Gasteiger partial charge in [0.25, 0.3) is 0 Å². The molecule has 0 aliphatic carbocycles. The number of rotatable bonds is 23. The summed E-state index contributed by atoms with van der Waals surface area (Å²) in [5, 5.41) is 113. The van der Waals surface area contributed by atoms with E-state index in [1.54, 1.807) is 167 Å². The lowest BCUT2D eigenvalue weighted by molar-refractivity contribution is -0.195. The number of carbonyl (C=O) groups excluding carboxylic acids is 11. The maximum Gasteiger partial charge on any atom is 0.348 e. The fourth-order valence-corrected chi connectivity index (χ4v) is 10.5. The Morgan fingerprint density at radius 2 is 0.774 bits per heavy atom. The van der Waals surface area contributed by atoms with Crippen molar-refractivity contribution in [2.24, 2.45) is 0 Å². The predicted octanol–water partition coefficient (Wildman–Crippen LogP) is 0.192. The van der Waals surface area contributed by atoms with Gasteiger partial charge in [0, 0.05) is 0 Å². The molecule has 115 heavy (non-hydrogen) atoms. The first kappa shape index (κ1) is 95.2. The molecule has 36 nitrogen and oxygen atoms in total. The highest BCUT2D eigenvalue weighted by Gasteiger charge is 2.60. The first-order chi connectivity index (χ1) is 53.8. The smallest absolute Gasteiger partial charge is 0.348 e. The average molecular weight is 1630 g/mol. The highest BCUT2D eigenvalue weighted by atomic mass is 19.1. The zero-order valence-electron chi connectivity index (χ0n) is 64.1. The van der Waals surface area contributed by atoms with E-state index in [9.17, 15) is 98.0 Å². The van der Waals surface area contributed by atoms with Crippen molar-refractivity contribution in [1.82, 2.24) is 0 Å². The van der Waals surface area contributed by atoms with Crippen molar-refractivity contribution in [1.29, 1.82) is 0 Å². The standard InChI is InChI=1S/C20H17FO6.C20H18O7.C13H14O6.C11H20O6.C8H16O6.C6H10O5/c1-20(21)16(27-18(23)14-10-6-3-7-11-14)15(26-19(20)24)12-25-17(22)13-8-4-2-5-9-13;1-20(24)16(27-18(22)14-10-6-3-7-11-14)15(26-19(20)23)12-25-17(21)13-8-4-2-5-9-13;1-13(17)10(14)9(19-12(13)16)7-18-11(15)8-5-3-2-4-6-8;1-5-15-9(13)11(4,14)8(12)7-6-16-10(2,3)17-7;1-3-14-7(12)8(2,13)6(11)5(10)4-9;1-6(10)4(8)3(2-7)11-5(6)9/h2-11,15-16H,12H2,1H3;2-11,15-16,24H,12H2,1H3;2-6,9-10,14,17H,7H2,1H3;7-8,12,14H,5-6H2,1-4H3;5-6,9-11,13H,3-4H2,1-2H3;3-4,7-8,10H,2H2,1H3/t2*15-,16-,20-;9-,10-,13+;7-,8-,11-;5-,6-,8-;3-,4-,6+/m111111/s1. The van der Waals surface area contributed by atoms with E-state index in [2.05, 4.69) is 9.47 Å². The van der Waals surface area contributed by atoms with Crippen molar-refractivity contribution in [2.75, 3.05) is 52.9 Å². The second-order valence-corrected chi connectivity index (χ2v) is 27.4. The Balaban J connectivity index is 0.000000253. The molecule has 5 heterocycles. The van der Waals surface area contributed by atoms with E-state index in [1.807, 2.05) is 0 Å². The third-order valence-electron chi connectivity index (χ3n) is 17.6. The van der Waals surface area contributed by atoms with E-state index in [0.29, 0.717) is 16.7 Å². The Kier molecular flexibility index (Phi) is 34.6. The molecule has 37 heteroatoms. The quantitative estimate of drug-likeness (QED) is 0.0307. The maximum absolute atomic E-state index is 14.8. The number of halogens is 1. The summed E-state index contributed by atoms with van der Waals surface area (Å²) in [5.41, 5.74) is -11.2. The third kappa shape index (κ3) is 25.3. The van der Waals surface area contributed by atoms with Crippen LogP contribution in [-0.4, -0.2) is 293 Å². The topological polar surface area (TPSA) is 551 Å². The summed E-state index contributed by atoms with van der Waals surface area (Å²) in [4.78, 5) is 129. The van der Waals surface area contributed by atoms with Crippen LogP contribution in [0.3, 0.4) is 0 Å². The van der Waals surface area contributed by atoms with Crippen LogP contribution in [0.5, 0.6) is 0 Å². The molecule has 0 saturated carbocycles. The van der Waals surface area contributed by atoms with Crippen LogP contribution in [0.1, 0.15) is 121 Å². The van der Waals surface area contributed by atoms with E-state index in [0.717, 1.165) is 27.7 Å². The summed E-state index contributed by atoms with van der Waals surface area (Å²) in [5.74, 6) is -10.1. The number of esters is 11. The second-order valence-electron chi connectivity index (χ2n) is 27.4. The van der Waals surface area contributed by atoms with Gasteiger partial charge in [-0.25, -0.2) is 57.1 Å². The van der Waals surface area contributed by atoms with E-state index < -0.39 is 198 Å². The van der Waals surface area contributed by atoms with Crippen LogP contribution in [-0.2, 0) is 90.3 Å². The number of benzene rings is 5. The summed E-state index contributed by atoms with van der Waals surface area (Å²) >= 11 is 0. The number of ether oxygens (including phenoxy) is 13. The lowest BCUT2D eigenvalue weighted by Gasteiger charge is -2.30. The lowest BCUT2D eigenvalue weighted by Crippen LogP contribution is -2.54. The molecule has 5 saturated heterocycles. The van der Waals surface area contributed by atoms with Crippen LogP contribution in [0.15, 0.2) is 152 Å². The van der Waals surface area contributed by atoms with Crippen LogP contribution < -0.4 is 0 Å². The maximum atomic E-state index is 14.8. The van der Waals surface area contributed by atoms with Crippen LogP contribution >= 0.6 is 0 Å². The third-order valence-corrected chi connectivity index (χ3v) is 17.6. The van der Waals surface area contributed by atoms with Gasteiger partial charge in [-0.3, -0.25) is 0 Å². The average Bonchev–Trinajstić information content (AvgIpc) is 1.67. The molecule has 18 atom stereocenters. The zero-order chi connectivity index (χ0) is 86.2. The SMILES string of the molecule is CCOC(=O)[C@](C)(O)[C@H](O)[C@H](O)CO.CCOC(=O)[C@](C)(O)[C@H](O)[C@H]1COC(C)(C)O1.C[C@@]1(O)C(=O)O[C@H](CO)[C@H]1O.C[C@@]1(O)C(=O)O[C@H](COC(=O)c2ccccc2)[C@H]1O.C[C@]1(F)C(=O)O[C@H](COC(=O)c2ccccc2)[C@H]1OC(=O)c1ccccc1.C[C@]1(O)C(=O)O[C@H](COC(=O)c2ccccc2)[C@H]1OC(=O)c1ccccc1. The molecule has 0 aromatic heterocycles. The molecular weight excluding hydrogens is 1530 g/mol. The van der Waals surface area contributed by atoms with Crippen molar-refractivity contribution in [3.63, 3.8) is 0 Å². The van der Waals surface area contributed by atoms with E-state index >= 15 is 0 Å². The van der Waals surface area contributed by atoms with Crippen LogP contribution in [0.2, 0.25) is 0 Å². The van der Waals surface area contributed by atoms with Gasteiger partial charge in [-0.15, -0.1) is 0 Å². The highest BCUT2D eigenvalue weighted by Crippen LogP contribution is 2.35. The summed E-state index contributed by atoms with van der Waals surface area (Å²) in [6, 6.07) is 40.8. The van der Waals surface area contributed by atoms with Gasteiger partial charge in [0.05, 0.1) is 60.9 Å². The summed E-state index contributed by atoms with van der Waals surface area (Å²) in [6.07, 6.45) is -15.6. The van der Waals surface area contributed by atoms with Crippen LogP contribution in [0.25, 0.3) is 0 Å². The molecular formula is C78H95FO36. The van der Waals surface area contributed by atoms with E-state index in [-0.39, 0.29) is 44.2 Å². The Morgan fingerprint density at radius 3 is 1.10 bits per heavy atom. The molecule has 5 aromatic rings. The molecule has 0 unspecified atom stereocenters. The predicted molar refractivity (Wildman–Crippen MR) is 386 cm³/mol. The number of hydrogen-bond donors (Lipinski definition) is 12. The number of alkyl halides is 1. The Morgan fingerprint density at radius 1 is 0.461 bits per heavy atom. The largest absolute Gasteiger partial charge is 0.464 e. The molecule has 5 fully saturated rings. The molecule has 5 aromatic carbocycles. The monoisotopic (exact) mass is 1630 g/mol. The molecule has 0 radical (unpaired) electrons. The minimum atomic E-state index is -2.55. The minimum absolute atomic E-state index is 0.0525. The number of hydrogen-bond acceptors (Lipinski definition) is 36. The summed E-state index contributed by atoms with van der Waals surface area (Å²) in [7, 11) is 0. The van der Waals surface area contributed by atoms with Crippen molar-refractivity contribution < 1.29 is 180 Å². The van der Waals surface area contributed by atoms with Gasteiger partial charge in [-0.2, -0.15) is 0 Å². The Bertz CT molecular complexity index is 3900. The normalized spacial score (nSPS) is 27.1. The van der Waals surface area contributed by atoms with Crippen LogP contribution in [0, 0.1) is 0 Å². The fraction of sp³-hybridized carbons (Fsp3) is 0.474. The lowest BCUT2D eigenvalue weighted by atomic mass is 9.95. The van der Waals surface area contributed by atoms with E-state index in [1.165, 1.54) is 26.0 Å². The fourth-order valence-electron chi connectivity index (χ4n) is 10.5. The molecule has 0 amide bonds. The zero-order valence-corrected chi connectivity index (χ0v) is 64.1. The molecule has 5 aliphatic rings. The van der Waals surface area contributed by atoms with Crippen molar-refractivity contribution in [3.8, 4) is 0 Å². The number of cyclic esters (lactones) is 4. The van der Waals surface area contributed by atoms with Crippen molar-refractivity contribution >= 4 is 65.7 Å². The van der Waals surface area contributed by atoms with E-state index in [4.69, 9.17) is 72.5 Å². The highest BCUT2D eigenvalue weighted by molar-refractivity contribution is 5.93. The molecule has 12 N–H and O–H groups in total. The second kappa shape index (κ2) is 41.8. The summed E-state index contributed by atoms with van der Waals surface area (Å²) in [6.45, 7) is 11.2. The van der Waals surface area contributed by atoms with Crippen molar-refractivity contribution in [3.05, 3.63) is 179 Å². The molecule has 10 rings (SSSR count). The molecule has 0 bridgehead atoms. The first-order valence-corrected chi connectivity index (χ1v) is 35.4. The number of carbonyl (C=O) groups is 11. The van der Waals surface area contributed by atoms with Gasteiger partial charge in [0.15, 0.2) is 70.4 Å². The minimum Gasteiger partial charge on any atom is -0.464 e. The van der Waals surface area contributed by atoms with Gasteiger partial charge in [0.2, 0.25) is 5.67 Å². The Labute approximate surface area is 657 Å². The number of aliphatic hydroxyl groups is 12. The van der Waals surface area contributed by atoms with Gasteiger partial charge in [-0.05, 0) is 130 Å².